The monoisotopic (exact) mass is 311 g/mol. The second kappa shape index (κ2) is 6.36. The summed E-state index contributed by atoms with van der Waals surface area (Å²) in [5.74, 6) is 1.22. The molecule has 0 aliphatic heterocycles. The van der Waals surface area contributed by atoms with E-state index in [0.29, 0.717) is 11.6 Å². The van der Waals surface area contributed by atoms with Crippen LogP contribution in [0.15, 0.2) is 36.7 Å². The first-order valence-electron chi connectivity index (χ1n) is 7.86. The number of aromatic nitrogens is 2. The summed E-state index contributed by atoms with van der Waals surface area (Å²) >= 11 is 0. The Labute approximate surface area is 136 Å². The van der Waals surface area contributed by atoms with Crippen LogP contribution < -0.4 is 9.64 Å². The Morgan fingerprint density at radius 3 is 2.43 bits per heavy atom. The van der Waals surface area contributed by atoms with Crippen LogP contribution >= 0.6 is 0 Å². The van der Waals surface area contributed by atoms with Gasteiger partial charge in [0.25, 0.3) is 5.91 Å². The van der Waals surface area contributed by atoms with Crippen molar-refractivity contribution in [2.45, 2.75) is 32.7 Å². The molecule has 0 radical (unpaired) electrons. The predicted molar refractivity (Wildman–Crippen MR) is 88.8 cm³/mol. The molecule has 120 valence electrons. The van der Waals surface area contributed by atoms with E-state index >= 15 is 0 Å². The largest absolute Gasteiger partial charge is 0.497 e. The molecular weight excluding hydrogens is 290 g/mol. The van der Waals surface area contributed by atoms with E-state index in [0.717, 1.165) is 17.1 Å². The van der Waals surface area contributed by atoms with Gasteiger partial charge in [0, 0.05) is 17.9 Å². The van der Waals surface area contributed by atoms with Gasteiger partial charge in [-0.05, 0) is 56.9 Å². The van der Waals surface area contributed by atoms with Gasteiger partial charge >= 0.3 is 0 Å². The number of hydrogen-bond acceptors (Lipinski definition) is 4. The molecule has 1 aromatic carbocycles. The maximum absolute atomic E-state index is 13.0. The first-order valence-corrected chi connectivity index (χ1v) is 7.86. The SMILES string of the molecule is COc1ccc(N(C(=O)c2cnc(C)cn2)C(C)C2CC2)cc1. The zero-order chi connectivity index (χ0) is 16.4. The molecule has 23 heavy (non-hydrogen) atoms. The van der Waals surface area contributed by atoms with E-state index in [1.54, 1.807) is 19.5 Å². The topological polar surface area (TPSA) is 55.3 Å². The van der Waals surface area contributed by atoms with Gasteiger partial charge in [0.15, 0.2) is 0 Å². The normalized spacial score (nSPS) is 15.1. The molecule has 1 fully saturated rings. The minimum atomic E-state index is -0.109. The zero-order valence-corrected chi connectivity index (χ0v) is 13.7. The number of carbonyl (C=O) groups excluding carboxylic acids is 1. The molecule has 1 atom stereocenters. The number of amides is 1. The minimum Gasteiger partial charge on any atom is -0.497 e. The molecule has 1 unspecified atom stereocenters. The van der Waals surface area contributed by atoms with Crippen molar-refractivity contribution in [2.24, 2.45) is 5.92 Å². The lowest BCUT2D eigenvalue weighted by Crippen LogP contribution is -2.40. The van der Waals surface area contributed by atoms with Crippen LogP contribution in [0.2, 0.25) is 0 Å². The molecule has 1 heterocycles. The number of carbonyl (C=O) groups is 1. The van der Waals surface area contributed by atoms with Crippen LogP contribution in [-0.4, -0.2) is 29.0 Å². The van der Waals surface area contributed by atoms with Crippen molar-refractivity contribution < 1.29 is 9.53 Å². The number of aryl methyl sites for hydroxylation is 1. The number of nitrogens with zero attached hydrogens (tertiary/aromatic N) is 3. The van der Waals surface area contributed by atoms with Crippen molar-refractivity contribution in [3.63, 3.8) is 0 Å². The van der Waals surface area contributed by atoms with Gasteiger partial charge in [-0.2, -0.15) is 0 Å². The van der Waals surface area contributed by atoms with Gasteiger partial charge in [0.1, 0.15) is 11.4 Å². The molecular formula is C18H21N3O2. The quantitative estimate of drug-likeness (QED) is 0.850. The first kappa shape index (κ1) is 15.5. The van der Waals surface area contributed by atoms with E-state index in [-0.39, 0.29) is 11.9 Å². The highest BCUT2D eigenvalue weighted by molar-refractivity contribution is 6.05. The lowest BCUT2D eigenvalue weighted by molar-refractivity contribution is 0.0970. The number of benzene rings is 1. The summed E-state index contributed by atoms with van der Waals surface area (Å²) in [7, 11) is 1.63. The molecule has 1 saturated carbocycles. The minimum absolute atomic E-state index is 0.109. The summed E-state index contributed by atoms with van der Waals surface area (Å²) in [6.07, 6.45) is 5.51. The van der Waals surface area contributed by atoms with Crippen molar-refractivity contribution in [1.29, 1.82) is 0 Å². The highest BCUT2D eigenvalue weighted by Gasteiger charge is 2.36. The lowest BCUT2D eigenvalue weighted by atomic mass is 10.1. The van der Waals surface area contributed by atoms with Gasteiger partial charge in [-0.3, -0.25) is 9.78 Å². The molecule has 2 aromatic rings. The van der Waals surface area contributed by atoms with Crippen molar-refractivity contribution >= 4 is 11.6 Å². The van der Waals surface area contributed by atoms with Crippen molar-refractivity contribution in [3.8, 4) is 5.75 Å². The fourth-order valence-corrected chi connectivity index (χ4v) is 2.70. The molecule has 0 spiro atoms. The summed E-state index contributed by atoms with van der Waals surface area (Å²) in [6, 6.07) is 7.71. The second-order valence-electron chi connectivity index (χ2n) is 5.99. The number of rotatable bonds is 5. The standard InChI is InChI=1S/C18H21N3O2/c1-12-10-20-17(11-19-12)18(22)21(13(2)14-4-5-14)15-6-8-16(23-3)9-7-15/h6-11,13-14H,4-5H2,1-3H3. The van der Waals surface area contributed by atoms with Gasteiger partial charge in [-0.25, -0.2) is 4.98 Å². The molecule has 0 N–H and O–H groups in total. The summed E-state index contributed by atoms with van der Waals surface area (Å²) < 4.78 is 5.20. The molecule has 5 heteroatoms. The highest BCUT2D eigenvalue weighted by atomic mass is 16.5. The van der Waals surface area contributed by atoms with Crippen molar-refractivity contribution in [3.05, 3.63) is 48.0 Å². The van der Waals surface area contributed by atoms with E-state index in [4.69, 9.17) is 4.74 Å². The van der Waals surface area contributed by atoms with Gasteiger partial charge in [-0.1, -0.05) is 0 Å². The number of methoxy groups -OCH3 is 1. The van der Waals surface area contributed by atoms with Crippen LogP contribution in [0.25, 0.3) is 0 Å². The van der Waals surface area contributed by atoms with Crippen LogP contribution in [0.5, 0.6) is 5.75 Å². The van der Waals surface area contributed by atoms with E-state index in [1.807, 2.05) is 36.1 Å². The summed E-state index contributed by atoms with van der Waals surface area (Å²) in [6.45, 7) is 3.96. The van der Waals surface area contributed by atoms with Crippen LogP contribution in [0, 0.1) is 12.8 Å². The molecule has 1 aromatic heterocycles. The number of hydrogen-bond donors (Lipinski definition) is 0. The zero-order valence-electron chi connectivity index (χ0n) is 13.7. The fraction of sp³-hybridized carbons (Fsp3) is 0.389. The summed E-state index contributed by atoms with van der Waals surface area (Å²) in [5, 5.41) is 0. The molecule has 1 aliphatic carbocycles. The third-order valence-corrected chi connectivity index (χ3v) is 4.28. The van der Waals surface area contributed by atoms with E-state index < -0.39 is 0 Å². The first-order chi connectivity index (χ1) is 11.1. The Balaban J connectivity index is 1.93. The molecule has 0 bridgehead atoms. The maximum Gasteiger partial charge on any atom is 0.278 e. The molecule has 5 nitrogen and oxygen atoms in total. The van der Waals surface area contributed by atoms with E-state index in [9.17, 15) is 4.79 Å². The van der Waals surface area contributed by atoms with Gasteiger partial charge in [-0.15, -0.1) is 0 Å². The Morgan fingerprint density at radius 2 is 1.91 bits per heavy atom. The third kappa shape index (κ3) is 3.33. The van der Waals surface area contributed by atoms with Crippen molar-refractivity contribution in [1.82, 2.24) is 9.97 Å². The Hall–Kier alpha value is -2.43. The van der Waals surface area contributed by atoms with Gasteiger partial charge < -0.3 is 9.64 Å². The Bertz CT molecular complexity index is 678. The predicted octanol–water partition coefficient (Wildman–Crippen LogP) is 3.24. The van der Waals surface area contributed by atoms with Crippen LogP contribution in [0.4, 0.5) is 5.69 Å². The van der Waals surface area contributed by atoms with Gasteiger partial charge in [0.05, 0.1) is 19.0 Å². The van der Waals surface area contributed by atoms with Gasteiger partial charge in [0.2, 0.25) is 0 Å². The highest BCUT2D eigenvalue weighted by Crippen LogP contribution is 2.37. The summed E-state index contributed by atoms with van der Waals surface area (Å²) in [5.41, 5.74) is 2.03. The van der Waals surface area contributed by atoms with Crippen LogP contribution in [-0.2, 0) is 0 Å². The average Bonchev–Trinajstić information content (AvgIpc) is 3.41. The third-order valence-electron chi connectivity index (χ3n) is 4.28. The smallest absolute Gasteiger partial charge is 0.278 e. The molecule has 3 rings (SSSR count). The van der Waals surface area contributed by atoms with E-state index in [1.165, 1.54) is 12.8 Å². The second-order valence-corrected chi connectivity index (χ2v) is 5.99. The Kier molecular flexibility index (Phi) is 4.28. The van der Waals surface area contributed by atoms with Crippen molar-refractivity contribution in [2.75, 3.05) is 12.0 Å². The molecule has 1 amide bonds. The summed E-state index contributed by atoms with van der Waals surface area (Å²) in [4.78, 5) is 23.2. The van der Waals surface area contributed by atoms with Crippen LogP contribution in [0.1, 0.15) is 35.9 Å². The average molecular weight is 311 g/mol. The number of anilines is 1. The molecule has 1 aliphatic rings. The number of ether oxygens (including phenoxy) is 1. The fourth-order valence-electron chi connectivity index (χ4n) is 2.70. The van der Waals surface area contributed by atoms with E-state index in [2.05, 4.69) is 16.9 Å². The maximum atomic E-state index is 13.0. The molecule has 0 saturated heterocycles. The Morgan fingerprint density at radius 1 is 1.22 bits per heavy atom. The van der Waals surface area contributed by atoms with Crippen LogP contribution in [0.3, 0.4) is 0 Å². The lowest BCUT2D eigenvalue weighted by Gasteiger charge is -2.29.